The lowest BCUT2D eigenvalue weighted by atomic mass is 10.1. The second kappa shape index (κ2) is 5.93. The van der Waals surface area contributed by atoms with Crippen LogP contribution in [0.5, 0.6) is 11.5 Å². The van der Waals surface area contributed by atoms with Gasteiger partial charge in [-0.25, -0.2) is 0 Å². The maximum atomic E-state index is 11.7. The first-order chi connectivity index (χ1) is 10.1. The highest BCUT2D eigenvalue weighted by Gasteiger charge is 2.24. The van der Waals surface area contributed by atoms with Crippen LogP contribution in [0.15, 0.2) is 29.6 Å². The standard InChI is InChI=1S/C14H13ClN2O3S/c15-10-4-8(5-11-13(10)20-7-19-11)12(14(16)18)17-6-9-2-1-3-21-9/h1-5,12,17H,6-7H2,(H2,16,18). The van der Waals surface area contributed by atoms with Gasteiger partial charge < -0.3 is 15.2 Å². The number of hydrogen-bond donors (Lipinski definition) is 2. The van der Waals surface area contributed by atoms with Gasteiger partial charge in [0.05, 0.1) is 5.02 Å². The molecule has 1 aliphatic heterocycles. The first-order valence-corrected chi connectivity index (χ1v) is 7.55. The molecular weight excluding hydrogens is 312 g/mol. The Balaban J connectivity index is 1.84. The van der Waals surface area contributed by atoms with Crippen molar-refractivity contribution in [1.29, 1.82) is 0 Å². The Morgan fingerprint density at radius 3 is 3.05 bits per heavy atom. The van der Waals surface area contributed by atoms with E-state index in [1.807, 2.05) is 17.5 Å². The average molecular weight is 325 g/mol. The van der Waals surface area contributed by atoms with Gasteiger partial charge in [0.1, 0.15) is 6.04 Å². The summed E-state index contributed by atoms with van der Waals surface area (Å²) in [5, 5.41) is 5.52. The van der Waals surface area contributed by atoms with Crippen molar-refractivity contribution in [2.45, 2.75) is 12.6 Å². The van der Waals surface area contributed by atoms with Gasteiger partial charge in [0.2, 0.25) is 12.7 Å². The number of fused-ring (bicyclic) bond motifs is 1. The van der Waals surface area contributed by atoms with E-state index in [1.165, 1.54) is 0 Å². The Morgan fingerprint density at radius 2 is 2.33 bits per heavy atom. The Bertz CT molecular complexity index is 660. The summed E-state index contributed by atoms with van der Waals surface area (Å²) in [7, 11) is 0. The first-order valence-electron chi connectivity index (χ1n) is 6.29. The minimum Gasteiger partial charge on any atom is -0.454 e. The number of thiophene rings is 1. The summed E-state index contributed by atoms with van der Waals surface area (Å²) in [4.78, 5) is 12.8. The quantitative estimate of drug-likeness (QED) is 0.886. The summed E-state index contributed by atoms with van der Waals surface area (Å²) < 4.78 is 10.6. The van der Waals surface area contributed by atoms with E-state index in [0.717, 1.165) is 4.88 Å². The summed E-state index contributed by atoms with van der Waals surface area (Å²) >= 11 is 7.75. The molecule has 5 nitrogen and oxygen atoms in total. The van der Waals surface area contributed by atoms with Gasteiger partial charge in [-0.05, 0) is 29.1 Å². The molecule has 0 saturated heterocycles. The SMILES string of the molecule is NC(=O)C(NCc1cccs1)c1cc(Cl)c2c(c1)OCO2. The van der Waals surface area contributed by atoms with Crippen molar-refractivity contribution in [3.8, 4) is 11.5 Å². The third kappa shape index (κ3) is 2.97. The number of nitrogens with one attached hydrogen (secondary N) is 1. The summed E-state index contributed by atoms with van der Waals surface area (Å²) in [6.07, 6.45) is 0. The van der Waals surface area contributed by atoms with Gasteiger partial charge in [-0.1, -0.05) is 17.7 Å². The number of amides is 1. The first kappa shape index (κ1) is 14.2. The van der Waals surface area contributed by atoms with Crippen LogP contribution in [0, 0.1) is 0 Å². The highest BCUT2D eigenvalue weighted by Crippen LogP contribution is 2.41. The Labute approximate surface area is 130 Å². The molecule has 21 heavy (non-hydrogen) atoms. The van der Waals surface area contributed by atoms with Gasteiger partial charge in [-0.2, -0.15) is 0 Å². The van der Waals surface area contributed by atoms with Gasteiger partial charge in [-0.3, -0.25) is 10.1 Å². The van der Waals surface area contributed by atoms with Crippen molar-refractivity contribution < 1.29 is 14.3 Å². The van der Waals surface area contributed by atoms with Gasteiger partial charge >= 0.3 is 0 Å². The molecule has 1 unspecified atom stereocenters. The molecule has 2 heterocycles. The zero-order chi connectivity index (χ0) is 14.8. The molecule has 1 atom stereocenters. The molecule has 1 aliphatic rings. The van der Waals surface area contributed by atoms with E-state index < -0.39 is 11.9 Å². The summed E-state index contributed by atoms with van der Waals surface area (Å²) in [6.45, 7) is 0.680. The van der Waals surface area contributed by atoms with Crippen LogP contribution in [0.25, 0.3) is 0 Å². The monoisotopic (exact) mass is 324 g/mol. The highest BCUT2D eigenvalue weighted by atomic mass is 35.5. The fraction of sp³-hybridized carbons (Fsp3) is 0.214. The summed E-state index contributed by atoms with van der Waals surface area (Å²) in [5.74, 6) is 0.560. The smallest absolute Gasteiger partial charge is 0.239 e. The van der Waals surface area contributed by atoms with E-state index in [-0.39, 0.29) is 6.79 Å². The molecule has 0 bridgehead atoms. The lowest BCUT2D eigenvalue weighted by Gasteiger charge is -2.16. The van der Waals surface area contributed by atoms with Crippen LogP contribution in [0.4, 0.5) is 0 Å². The summed E-state index contributed by atoms with van der Waals surface area (Å²) in [5.41, 5.74) is 6.15. The third-order valence-corrected chi connectivity index (χ3v) is 4.29. The maximum Gasteiger partial charge on any atom is 0.239 e. The zero-order valence-corrected chi connectivity index (χ0v) is 12.5. The number of primary amides is 1. The minimum absolute atomic E-state index is 0.127. The lowest BCUT2D eigenvalue weighted by Crippen LogP contribution is -2.33. The van der Waals surface area contributed by atoms with E-state index in [1.54, 1.807) is 23.5 Å². The molecule has 0 aliphatic carbocycles. The number of carbonyl (C=O) groups is 1. The fourth-order valence-electron chi connectivity index (χ4n) is 2.15. The van der Waals surface area contributed by atoms with E-state index in [2.05, 4.69) is 5.32 Å². The average Bonchev–Trinajstić information content (AvgIpc) is 3.09. The van der Waals surface area contributed by atoms with Crippen LogP contribution in [-0.4, -0.2) is 12.7 Å². The maximum absolute atomic E-state index is 11.7. The molecule has 1 aromatic heterocycles. The van der Waals surface area contributed by atoms with E-state index in [4.69, 9.17) is 26.8 Å². The van der Waals surface area contributed by atoms with Crippen LogP contribution < -0.4 is 20.5 Å². The third-order valence-electron chi connectivity index (χ3n) is 3.13. The van der Waals surface area contributed by atoms with Crippen molar-refractivity contribution >= 4 is 28.8 Å². The van der Waals surface area contributed by atoms with Crippen molar-refractivity contribution in [2.24, 2.45) is 5.73 Å². The molecule has 110 valence electrons. The Morgan fingerprint density at radius 1 is 1.48 bits per heavy atom. The summed E-state index contributed by atoms with van der Waals surface area (Å²) in [6, 6.07) is 6.71. The highest BCUT2D eigenvalue weighted by molar-refractivity contribution is 7.09. The molecule has 1 amide bonds. The van der Waals surface area contributed by atoms with Crippen LogP contribution in [-0.2, 0) is 11.3 Å². The van der Waals surface area contributed by atoms with E-state index in [9.17, 15) is 4.79 Å². The normalized spacial score (nSPS) is 14.1. The van der Waals surface area contributed by atoms with Crippen molar-refractivity contribution in [2.75, 3.05) is 6.79 Å². The number of hydrogen-bond acceptors (Lipinski definition) is 5. The molecule has 0 radical (unpaired) electrons. The molecule has 0 saturated carbocycles. The number of halogens is 1. The molecule has 2 aromatic rings. The molecule has 3 N–H and O–H groups in total. The molecule has 7 heteroatoms. The second-order valence-corrected chi connectivity index (χ2v) is 5.97. The van der Waals surface area contributed by atoms with Crippen LogP contribution in [0.2, 0.25) is 5.02 Å². The predicted molar refractivity (Wildman–Crippen MR) is 80.7 cm³/mol. The van der Waals surface area contributed by atoms with E-state index in [0.29, 0.717) is 28.6 Å². The number of ether oxygens (including phenoxy) is 2. The molecular formula is C14H13ClN2O3S. The second-order valence-electron chi connectivity index (χ2n) is 4.53. The van der Waals surface area contributed by atoms with Crippen LogP contribution in [0.3, 0.4) is 0 Å². The molecule has 0 spiro atoms. The van der Waals surface area contributed by atoms with E-state index >= 15 is 0 Å². The van der Waals surface area contributed by atoms with Crippen molar-refractivity contribution in [1.82, 2.24) is 5.32 Å². The number of rotatable bonds is 5. The predicted octanol–water partition coefficient (Wildman–Crippen LogP) is 2.45. The van der Waals surface area contributed by atoms with Crippen LogP contribution in [0.1, 0.15) is 16.5 Å². The molecule has 0 fully saturated rings. The lowest BCUT2D eigenvalue weighted by molar-refractivity contribution is -0.120. The van der Waals surface area contributed by atoms with Crippen molar-refractivity contribution in [3.63, 3.8) is 0 Å². The Kier molecular flexibility index (Phi) is 4.01. The van der Waals surface area contributed by atoms with Crippen LogP contribution >= 0.6 is 22.9 Å². The van der Waals surface area contributed by atoms with Gasteiger partial charge in [0.25, 0.3) is 0 Å². The molecule has 3 rings (SSSR count). The largest absolute Gasteiger partial charge is 0.454 e. The number of benzene rings is 1. The molecule has 1 aromatic carbocycles. The topological polar surface area (TPSA) is 73.6 Å². The van der Waals surface area contributed by atoms with Gasteiger partial charge in [-0.15, -0.1) is 11.3 Å². The zero-order valence-electron chi connectivity index (χ0n) is 11.0. The van der Waals surface area contributed by atoms with Crippen molar-refractivity contribution in [3.05, 3.63) is 45.1 Å². The fourth-order valence-corrected chi connectivity index (χ4v) is 3.08. The number of nitrogens with two attached hydrogens (primary N) is 1. The van der Waals surface area contributed by atoms with Gasteiger partial charge in [0, 0.05) is 11.4 Å². The Hall–Kier alpha value is -1.76. The number of carbonyl (C=O) groups excluding carboxylic acids is 1. The minimum atomic E-state index is -0.640. The van der Waals surface area contributed by atoms with Gasteiger partial charge in [0.15, 0.2) is 11.5 Å².